The Morgan fingerprint density at radius 3 is 2.57 bits per heavy atom. The Labute approximate surface area is 162 Å². The Morgan fingerprint density at radius 2 is 1.82 bits per heavy atom. The summed E-state index contributed by atoms with van der Waals surface area (Å²) in [4.78, 5) is 25.0. The fourth-order valence-corrected chi connectivity index (χ4v) is 4.59. The lowest BCUT2D eigenvalue weighted by atomic mass is 9.74. The van der Waals surface area contributed by atoms with Crippen LogP contribution in [0.15, 0.2) is 54.1 Å². The van der Waals surface area contributed by atoms with Gasteiger partial charge in [-0.25, -0.2) is 4.79 Å². The highest BCUT2D eigenvalue weighted by Crippen LogP contribution is 2.52. The summed E-state index contributed by atoms with van der Waals surface area (Å²) < 4.78 is 16.9. The maximum Gasteiger partial charge on any atom is 0.337 e. The predicted molar refractivity (Wildman–Crippen MR) is 102 cm³/mol. The monoisotopic (exact) mass is 376 g/mol. The van der Waals surface area contributed by atoms with E-state index in [4.69, 9.17) is 14.2 Å². The van der Waals surface area contributed by atoms with Crippen LogP contribution in [0.4, 0.5) is 0 Å². The summed E-state index contributed by atoms with van der Waals surface area (Å²) in [7, 11) is 1.37. The van der Waals surface area contributed by atoms with Crippen molar-refractivity contribution in [2.24, 2.45) is 5.92 Å². The van der Waals surface area contributed by atoms with Crippen LogP contribution in [0.25, 0.3) is 5.76 Å². The SMILES string of the molecule is COC(=O)c1ccc([C@@H]2C3=C(O[C@H]4OCCC[C@H]42)c2ccccc2C3=O)cc1. The molecule has 1 fully saturated rings. The van der Waals surface area contributed by atoms with Gasteiger partial charge in [0.05, 0.1) is 24.9 Å². The van der Waals surface area contributed by atoms with Crippen molar-refractivity contribution in [2.45, 2.75) is 25.0 Å². The molecule has 5 nitrogen and oxygen atoms in total. The summed E-state index contributed by atoms with van der Waals surface area (Å²) in [5.74, 6) is 0.236. The van der Waals surface area contributed by atoms with Crippen LogP contribution >= 0.6 is 0 Å². The molecule has 1 saturated heterocycles. The number of carbonyl (C=O) groups is 2. The molecule has 2 aliphatic heterocycles. The van der Waals surface area contributed by atoms with Crippen LogP contribution in [0.1, 0.15) is 50.6 Å². The van der Waals surface area contributed by atoms with Crippen molar-refractivity contribution < 1.29 is 23.8 Å². The lowest BCUT2D eigenvalue weighted by Crippen LogP contribution is -2.40. The quantitative estimate of drug-likeness (QED) is 0.743. The third-order valence-corrected chi connectivity index (χ3v) is 5.88. The van der Waals surface area contributed by atoms with Gasteiger partial charge in [-0.3, -0.25) is 4.79 Å². The van der Waals surface area contributed by atoms with Crippen LogP contribution in [0.3, 0.4) is 0 Å². The molecule has 5 rings (SSSR count). The van der Waals surface area contributed by atoms with Crippen LogP contribution in [0, 0.1) is 5.92 Å². The summed E-state index contributed by atoms with van der Waals surface area (Å²) in [6.07, 6.45) is 1.50. The zero-order valence-electron chi connectivity index (χ0n) is 15.5. The van der Waals surface area contributed by atoms with E-state index >= 15 is 0 Å². The van der Waals surface area contributed by atoms with E-state index in [0.29, 0.717) is 29.1 Å². The molecule has 0 saturated carbocycles. The number of ketones is 1. The van der Waals surface area contributed by atoms with Gasteiger partial charge < -0.3 is 14.2 Å². The maximum atomic E-state index is 13.3. The minimum Gasteiger partial charge on any atom is -0.465 e. The van der Waals surface area contributed by atoms with E-state index in [9.17, 15) is 9.59 Å². The van der Waals surface area contributed by atoms with Crippen molar-refractivity contribution in [3.8, 4) is 0 Å². The first-order valence-corrected chi connectivity index (χ1v) is 9.54. The molecule has 3 atom stereocenters. The summed E-state index contributed by atoms with van der Waals surface area (Å²) in [5, 5.41) is 0. The van der Waals surface area contributed by atoms with Crippen molar-refractivity contribution in [1.29, 1.82) is 0 Å². The van der Waals surface area contributed by atoms with Gasteiger partial charge >= 0.3 is 5.97 Å². The molecule has 3 aliphatic rings. The molecule has 0 N–H and O–H groups in total. The topological polar surface area (TPSA) is 61.8 Å². The molecule has 1 aliphatic carbocycles. The number of ether oxygens (including phenoxy) is 3. The van der Waals surface area contributed by atoms with Crippen LogP contribution < -0.4 is 0 Å². The summed E-state index contributed by atoms with van der Waals surface area (Å²) >= 11 is 0. The molecule has 0 amide bonds. The average molecular weight is 376 g/mol. The highest BCUT2D eigenvalue weighted by atomic mass is 16.7. The van der Waals surface area contributed by atoms with Gasteiger partial charge in [0.1, 0.15) is 5.76 Å². The van der Waals surface area contributed by atoms with E-state index in [1.165, 1.54) is 7.11 Å². The van der Waals surface area contributed by atoms with Crippen molar-refractivity contribution in [3.05, 3.63) is 76.4 Å². The number of rotatable bonds is 2. The summed E-state index contributed by atoms with van der Waals surface area (Å²) in [5.41, 5.74) is 3.71. The number of allylic oxidation sites excluding steroid dienone is 1. The van der Waals surface area contributed by atoms with E-state index in [0.717, 1.165) is 24.0 Å². The molecule has 5 heteroatoms. The summed E-state index contributed by atoms with van der Waals surface area (Å²) in [6, 6.07) is 14.9. The Hall–Kier alpha value is -2.92. The average Bonchev–Trinajstić information content (AvgIpc) is 3.04. The van der Waals surface area contributed by atoms with E-state index in [1.807, 2.05) is 36.4 Å². The number of hydrogen-bond acceptors (Lipinski definition) is 5. The molecule has 28 heavy (non-hydrogen) atoms. The zero-order valence-corrected chi connectivity index (χ0v) is 15.5. The minimum atomic E-state index is -0.373. The zero-order chi connectivity index (χ0) is 19.3. The first-order chi connectivity index (χ1) is 13.7. The molecule has 0 bridgehead atoms. The number of esters is 1. The second kappa shape index (κ2) is 6.60. The number of hydrogen-bond donors (Lipinski definition) is 0. The first-order valence-electron chi connectivity index (χ1n) is 9.54. The van der Waals surface area contributed by atoms with Gasteiger partial charge in [-0.05, 0) is 30.5 Å². The number of Topliss-reactive ketones (excluding diaryl/α,β-unsaturated/α-hetero) is 1. The Kier molecular flexibility index (Phi) is 4.05. The lowest BCUT2D eigenvalue weighted by Gasteiger charge is -2.41. The normalized spacial score (nSPS) is 25.5. The smallest absolute Gasteiger partial charge is 0.337 e. The molecule has 0 aromatic heterocycles. The number of fused-ring (bicyclic) bond motifs is 3. The molecule has 142 valence electrons. The third-order valence-electron chi connectivity index (χ3n) is 5.88. The predicted octanol–water partition coefficient (Wildman–Crippen LogP) is 3.95. The van der Waals surface area contributed by atoms with Crippen molar-refractivity contribution in [2.75, 3.05) is 13.7 Å². The van der Waals surface area contributed by atoms with Gasteiger partial charge in [-0.2, -0.15) is 0 Å². The Bertz CT molecular complexity index is 988. The molecule has 0 spiro atoms. The highest BCUT2D eigenvalue weighted by molar-refractivity contribution is 6.20. The molecular formula is C23H20O5. The molecule has 2 aromatic rings. The first kappa shape index (κ1) is 17.2. The fourth-order valence-electron chi connectivity index (χ4n) is 4.59. The fraction of sp³-hybridized carbons (Fsp3) is 0.304. The lowest BCUT2D eigenvalue weighted by molar-refractivity contribution is -0.165. The third kappa shape index (κ3) is 2.50. The molecule has 0 radical (unpaired) electrons. The highest BCUT2D eigenvalue weighted by Gasteiger charge is 2.48. The molecule has 0 unspecified atom stereocenters. The van der Waals surface area contributed by atoms with Crippen LogP contribution in [0.5, 0.6) is 0 Å². The maximum absolute atomic E-state index is 13.3. The van der Waals surface area contributed by atoms with E-state index in [2.05, 4.69) is 0 Å². The largest absolute Gasteiger partial charge is 0.465 e. The van der Waals surface area contributed by atoms with Gasteiger partial charge in [0.15, 0.2) is 5.78 Å². The minimum absolute atomic E-state index is 0.0247. The Morgan fingerprint density at radius 1 is 1.07 bits per heavy atom. The van der Waals surface area contributed by atoms with E-state index < -0.39 is 0 Å². The van der Waals surface area contributed by atoms with Crippen LogP contribution in [-0.2, 0) is 14.2 Å². The molecule has 2 heterocycles. The Balaban J connectivity index is 1.63. The second-order valence-electron chi connectivity index (χ2n) is 7.37. The number of carbonyl (C=O) groups excluding carboxylic acids is 2. The van der Waals surface area contributed by atoms with Gasteiger partial charge in [0, 0.05) is 23.0 Å². The van der Waals surface area contributed by atoms with Crippen molar-refractivity contribution >= 4 is 17.5 Å². The van der Waals surface area contributed by atoms with Crippen LogP contribution in [-0.4, -0.2) is 31.8 Å². The van der Waals surface area contributed by atoms with Crippen LogP contribution in [0.2, 0.25) is 0 Å². The van der Waals surface area contributed by atoms with E-state index in [-0.39, 0.29) is 29.9 Å². The molecular weight excluding hydrogens is 356 g/mol. The van der Waals surface area contributed by atoms with E-state index in [1.54, 1.807) is 12.1 Å². The second-order valence-corrected chi connectivity index (χ2v) is 7.37. The number of benzene rings is 2. The van der Waals surface area contributed by atoms with Gasteiger partial charge in [0.2, 0.25) is 6.29 Å². The number of methoxy groups -OCH3 is 1. The van der Waals surface area contributed by atoms with Gasteiger partial charge in [-0.15, -0.1) is 0 Å². The van der Waals surface area contributed by atoms with Crippen molar-refractivity contribution in [1.82, 2.24) is 0 Å². The standard InChI is InChI=1S/C23H20O5/c1-26-22(25)14-10-8-13(9-11-14)18-17-7-4-12-27-23(17)28-21-16-6-3-2-5-15(16)20(24)19(18)21/h2-3,5-6,8-11,17-18,23H,4,7,12H2,1H3/t17-,18-,23+/m0/s1. The van der Waals surface area contributed by atoms with Gasteiger partial charge in [0.25, 0.3) is 0 Å². The van der Waals surface area contributed by atoms with Gasteiger partial charge in [-0.1, -0.05) is 36.4 Å². The molecule has 2 aromatic carbocycles. The van der Waals surface area contributed by atoms with Crippen molar-refractivity contribution in [3.63, 3.8) is 0 Å². The summed E-state index contributed by atoms with van der Waals surface area (Å²) in [6.45, 7) is 0.660.